The molecule has 82 valence electrons. The molecule has 0 unspecified atom stereocenters. The molecule has 0 atom stereocenters. The molecule has 0 radical (unpaired) electrons. The van der Waals surface area contributed by atoms with Crippen molar-refractivity contribution in [2.24, 2.45) is 17.8 Å². The van der Waals surface area contributed by atoms with Crippen LogP contribution in [0.15, 0.2) is 11.6 Å². The van der Waals surface area contributed by atoms with Crippen molar-refractivity contribution in [3.05, 3.63) is 16.6 Å². The first kappa shape index (κ1) is 9.79. The number of nitrogens with one attached hydrogen (secondary N) is 1. The summed E-state index contributed by atoms with van der Waals surface area (Å²) in [7, 11) is 0. The molecule has 0 aliphatic heterocycles. The number of aromatic nitrogens is 1. The number of hydrogen-bond donors (Lipinski definition) is 1. The first-order valence-corrected chi connectivity index (χ1v) is 6.90. The highest BCUT2D eigenvalue weighted by atomic mass is 32.1. The highest BCUT2D eigenvalue weighted by Crippen LogP contribution is 2.48. The topological polar surface area (TPSA) is 24.9 Å². The number of nitrogens with zero attached hydrogens (tertiary/aromatic N) is 1. The molecule has 0 amide bonds. The Hall–Kier alpha value is -0.410. The first-order chi connectivity index (χ1) is 7.43. The van der Waals surface area contributed by atoms with Crippen LogP contribution in [0.2, 0.25) is 0 Å². The maximum absolute atomic E-state index is 4.29. The number of hydrogen-bond acceptors (Lipinski definition) is 3. The molecule has 15 heavy (non-hydrogen) atoms. The van der Waals surface area contributed by atoms with Crippen LogP contribution in [0.3, 0.4) is 0 Å². The van der Waals surface area contributed by atoms with E-state index in [9.17, 15) is 0 Å². The summed E-state index contributed by atoms with van der Waals surface area (Å²) in [6.45, 7) is 2.18. The molecular weight excluding hydrogens is 204 g/mol. The molecule has 1 aromatic rings. The zero-order valence-corrected chi connectivity index (χ0v) is 9.80. The Kier molecular flexibility index (Phi) is 2.76. The van der Waals surface area contributed by atoms with E-state index in [0.717, 1.165) is 24.3 Å². The van der Waals surface area contributed by atoms with Crippen LogP contribution >= 0.6 is 11.3 Å². The molecule has 2 saturated carbocycles. The van der Waals surface area contributed by atoms with Crippen molar-refractivity contribution < 1.29 is 0 Å². The summed E-state index contributed by atoms with van der Waals surface area (Å²) >= 11 is 1.75. The van der Waals surface area contributed by atoms with Crippen LogP contribution in [0.1, 0.15) is 30.7 Å². The summed E-state index contributed by atoms with van der Waals surface area (Å²) in [5.41, 5.74) is 0. The minimum Gasteiger partial charge on any atom is -0.310 e. The Morgan fingerprint density at radius 3 is 2.60 bits per heavy atom. The maximum Gasteiger partial charge on any atom is 0.106 e. The average Bonchev–Trinajstić information content (AvgIpc) is 3.15. The molecule has 0 saturated heterocycles. The molecule has 3 heteroatoms. The highest BCUT2D eigenvalue weighted by molar-refractivity contribution is 7.09. The van der Waals surface area contributed by atoms with E-state index >= 15 is 0 Å². The Bertz CT molecular complexity index is 289. The van der Waals surface area contributed by atoms with Crippen LogP contribution in [0.4, 0.5) is 0 Å². The maximum atomic E-state index is 4.29. The van der Waals surface area contributed by atoms with Crippen molar-refractivity contribution in [2.45, 2.75) is 32.2 Å². The standard InChI is InChI=1S/C12H18N2S/c1-2-9(1)11(10-3-4-10)7-13-8-12-14-5-6-15-12/h5-6,9-11,13H,1-4,7-8H2. The lowest BCUT2D eigenvalue weighted by atomic mass is 9.98. The Balaban J connectivity index is 1.44. The average molecular weight is 222 g/mol. The Morgan fingerprint density at radius 2 is 2.07 bits per heavy atom. The Labute approximate surface area is 95.1 Å². The van der Waals surface area contributed by atoms with Gasteiger partial charge in [0.25, 0.3) is 0 Å². The van der Waals surface area contributed by atoms with Gasteiger partial charge >= 0.3 is 0 Å². The summed E-state index contributed by atoms with van der Waals surface area (Å²) in [6, 6.07) is 0. The van der Waals surface area contributed by atoms with Gasteiger partial charge in [0.05, 0.1) is 0 Å². The minimum atomic E-state index is 0.966. The predicted octanol–water partition coefficient (Wildman–Crippen LogP) is 2.67. The van der Waals surface area contributed by atoms with E-state index in [1.165, 1.54) is 37.2 Å². The second-order valence-corrected chi connectivity index (χ2v) is 5.87. The van der Waals surface area contributed by atoms with Crippen LogP contribution in [0.25, 0.3) is 0 Å². The lowest BCUT2D eigenvalue weighted by Gasteiger charge is -2.15. The fraction of sp³-hybridized carbons (Fsp3) is 0.750. The van der Waals surface area contributed by atoms with Crippen LogP contribution in [0.5, 0.6) is 0 Å². The predicted molar refractivity (Wildman–Crippen MR) is 62.8 cm³/mol. The molecular formula is C12H18N2S. The van der Waals surface area contributed by atoms with Gasteiger partial charge in [0, 0.05) is 18.1 Å². The van der Waals surface area contributed by atoms with Crippen LogP contribution in [0, 0.1) is 17.8 Å². The second kappa shape index (κ2) is 4.22. The van der Waals surface area contributed by atoms with Gasteiger partial charge in [0.1, 0.15) is 5.01 Å². The van der Waals surface area contributed by atoms with Crippen molar-refractivity contribution in [1.29, 1.82) is 0 Å². The summed E-state index contributed by atoms with van der Waals surface area (Å²) in [5.74, 6) is 3.09. The molecule has 2 nitrogen and oxygen atoms in total. The van der Waals surface area contributed by atoms with Gasteiger partial charge in [0.2, 0.25) is 0 Å². The molecule has 2 aliphatic carbocycles. The molecule has 0 spiro atoms. The van der Waals surface area contributed by atoms with Crippen molar-refractivity contribution in [1.82, 2.24) is 10.3 Å². The first-order valence-electron chi connectivity index (χ1n) is 6.02. The molecule has 0 aromatic carbocycles. The summed E-state index contributed by atoms with van der Waals surface area (Å²) in [4.78, 5) is 4.29. The molecule has 3 rings (SSSR count). The summed E-state index contributed by atoms with van der Waals surface area (Å²) in [6.07, 6.45) is 7.83. The largest absolute Gasteiger partial charge is 0.310 e. The van der Waals surface area contributed by atoms with Gasteiger partial charge < -0.3 is 5.32 Å². The van der Waals surface area contributed by atoms with Gasteiger partial charge in [-0.15, -0.1) is 11.3 Å². The van der Waals surface area contributed by atoms with Crippen molar-refractivity contribution in [3.8, 4) is 0 Å². The highest BCUT2D eigenvalue weighted by Gasteiger charge is 2.40. The van der Waals surface area contributed by atoms with Crippen molar-refractivity contribution in [2.75, 3.05) is 6.54 Å². The van der Waals surface area contributed by atoms with Crippen molar-refractivity contribution >= 4 is 11.3 Å². The van der Waals surface area contributed by atoms with E-state index in [1.807, 2.05) is 6.20 Å². The van der Waals surface area contributed by atoms with E-state index in [4.69, 9.17) is 0 Å². The Morgan fingerprint density at radius 1 is 1.33 bits per heavy atom. The zero-order chi connectivity index (χ0) is 10.1. The lowest BCUT2D eigenvalue weighted by Crippen LogP contribution is -2.25. The second-order valence-electron chi connectivity index (χ2n) is 4.90. The number of rotatable bonds is 6. The quantitative estimate of drug-likeness (QED) is 0.800. The van der Waals surface area contributed by atoms with E-state index in [0.29, 0.717) is 0 Å². The van der Waals surface area contributed by atoms with Gasteiger partial charge in [-0.1, -0.05) is 0 Å². The molecule has 2 fully saturated rings. The lowest BCUT2D eigenvalue weighted by molar-refractivity contribution is 0.378. The van der Waals surface area contributed by atoms with E-state index in [1.54, 1.807) is 11.3 Å². The SMILES string of the molecule is c1csc(CNCC(C2CC2)C2CC2)n1. The third kappa shape index (κ3) is 2.58. The normalized spacial score (nSPS) is 21.1. The van der Waals surface area contributed by atoms with Crippen LogP contribution < -0.4 is 5.32 Å². The van der Waals surface area contributed by atoms with E-state index < -0.39 is 0 Å². The van der Waals surface area contributed by atoms with E-state index in [2.05, 4.69) is 15.7 Å². The number of thiazole rings is 1. The van der Waals surface area contributed by atoms with Gasteiger partial charge in [-0.3, -0.25) is 0 Å². The molecule has 2 aliphatic rings. The molecule has 1 N–H and O–H groups in total. The van der Waals surface area contributed by atoms with Gasteiger partial charge in [-0.25, -0.2) is 4.98 Å². The fourth-order valence-electron chi connectivity index (χ4n) is 2.45. The van der Waals surface area contributed by atoms with Crippen LogP contribution in [-0.2, 0) is 6.54 Å². The van der Waals surface area contributed by atoms with Gasteiger partial charge in [0.15, 0.2) is 0 Å². The third-order valence-corrected chi connectivity index (χ3v) is 4.37. The smallest absolute Gasteiger partial charge is 0.106 e. The van der Waals surface area contributed by atoms with Gasteiger partial charge in [-0.2, -0.15) is 0 Å². The van der Waals surface area contributed by atoms with Gasteiger partial charge in [-0.05, 0) is 50.0 Å². The minimum absolute atomic E-state index is 0.966. The summed E-state index contributed by atoms with van der Waals surface area (Å²) < 4.78 is 0. The molecule has 1 aromatic heterocycles. The van der Waals surface area contributed by atoms with E-state index in [-0.39, 0.29) is 0 Å². The monoisotopic (exact) mass is 222 g/mol. The summed E-state index contributed by atoms with van der Waals surface area (Å²) in [5, 5.41) is 6.85. The third-order valence-electron chi connectivity index (χ3n) is 3.59. The zero-order valence-electron chi connectivity index (χ0n) is 8.98. The fourth-order valence-corrected chi connectivity index (χ4v) is 3.04. The van der Waals surface area contributed by atoms with Crippen LogP contribution in [-0.4, -0.2) is 11.5 Å². The van der Waals surface area contributed by atoms with Crippen molar-refractivity contribution in [3.63, 3.8) is 0 Å². The molecule has 0 bridgehead atoms. The molecule has 1 heterocycles.